The molecule has 4 unspecified atom stereocenters. The van der Waals surface area contributed by atoms with Crippen molar-refractivity contribution in [3.05, 3.63) is 18.2 Å². The third-order valence-electron chi connectivity index (χ3n) is 5.42. The van der Waals surface area contributed by atoms with Gasteiger partial charge in [-0.25, -0.2) is 9.78 Å². The van der Waals surface area contributed by atoms with E-state index in [0.717, 1.165) is 4.90 Å². The van der Waals surface area contributed by atoms with Gasteiger partial charge in [0.05, 0.1) is 18.8 Å². The highest BCUT2D eigenvalue weighted by Gasteiger charge is 2.39. The van der Waals surface area contributed by atoms with Crippen LogP contribution in [-0.4, -0.2) is 80.3 Å². The van der Waals surface area contributed by atoms with Gasteiger partial charge in [-0.3, -0.25) is 19.2 Å². The van der Waals surface area contributed by atoms with Crippen molar-refractivity contribution in [1.82, 2.24) is 25.5 Å². The number of carboxylic acids is 1. The summed E-state index contributed by atoms with van der Waals surface area (Å²) in [7, 11) is 0. The minimum Gasteiger partial charge on any atom is -0.480 e. The number of nitrogens with zero attached hydrogens (tertiary/aromatic N) is 2. The summed E-state index contributed by atoms with van der Waals surface area (Å²) in [4.78, 5) is 69.3. The third kappa shape index (κ3) is 7.00. The molecule has 1 saturated heterocycles. The first-order valence-electron chi connectivity index (χ1n) is 10.7. The van der Waals surface area contributed by atoms with Gasteiger partial charge in [-0.15, -0.1) is 0 Å². The molecule has 0 saturated carbocycles. The van der Waals surface area contributed by atoms with E-state index in [9.17, 15) is 29.1 Å². The van der Waals surface area contributed by atoms with E-state index >= 15 is 0 Å². The van der Waals surface area contributed by atoms with Crippen LogP contribution >= 0.6 is 0 Å². The molecular formula is C20H31N7O6. The van der Waals surface area contributed by atoms with Crippen molar-refractivity contribution >= 4 is 29.6 Å². The lowest BCUT2D eigenvalue weighted by molar-refractivity contribution is -0.149. The number of H-pyrrole nitrogens is 1. The smallest absolute Gasteiger partial charge is 0.326 e. The van der Waals surface area contributed by atoms with Crippen LogP contribution in [0.4, 0.5) is 0 Å². The molecule has 0 radical (unpaired) electrons. The Hall–Kier alpha value is -3.48. The number of primary amides is 1. The van der Waals surface area contributed by atoms with E-state index in [4.69, 9.17) is 11.5 Å². The van der Waals surface area contributed by atoms with Crippen LogP contribution in [0.1, 0.15) is 38.8 Å². The zero-order valence-corrected chi connectivity index (χ0v) is 18.6. The Morgan fingerprint density at radius 2 is 1.94 bits per heavy atom. The Kier molecular flexibility index (Phi) is 8.91. The van der Waals surface area contributed by atoms with Gasteiger partial charge in [0.25, 0.3) is 0 Å². The Labute approximate surface area is 190 Å². The lowest BCUT2D eigenvalue weighted by Gasteiger charge is -2.29. The topological polar surface area (TPSA) is 214 Å². The Bertz CT molecular complexity index is 872. The van der Waals surface area contributed by atoms with Crippen molar-refractivity contribution in [3.8, 4) is 0 Å². The van der Waals surface area contributed by atoms with Gasteiger partial charge in [0.1, 0.15) is 18.1 Å². The highest BCUT2D eigenvalue weighted by atomic mass is 16.4. The summed E-state index contributed by atoms with van der Waals surface area (Å²) in [5.41, 5.74) is 11.8. The molecule has 33 heavy (non-hydrogen) atoms. The fraction of sp³-hybridized carbons (Fsp3) is 0.600. The van der Waals surface area contributed by atoms with Crippen LogP contribution in [0.3, 0.4) is 0 Å². The van der Waals surface area contributed by atoms with E-state index in [1.165, 1.54) is 12.5 Å². The van der Waals surface area contributed by atoms with Gasteiger partial charge in [-0.1, -0.05) is 13.8 Å². The van der Waals surface area contributed by atoms with Crippen LogP contribution in [0, 0.1) is 5.92 Å². The van der Waals surface area contributed by atoms with Crippen molar-refractivity contribution in [2.45, 2.75) is 63.7 Å². The number of hydrogen-bond acceptors (Lipinski definition) is 7. The maximum Gasteiger partial charge on any atom is 0.326 e. The van der Waals surface area contributed by atoms with E-state index in [1.54, 1.807) is 13.8 Å². The Morgan fingerprint density at radius 1 is 1.24 bits per heavy atom. The number of aromatic nitrogens is 2. The predicted octanol–water partition coefficient (Wildman–Crippen LogP) is -2.14. The molecule has 1 fully saturated rings. The summed E-state index contributed by atoms with van der Waals surface area (Å²) in [6.07, 6.45) is 3.41. The van der Waals surface area contributed by atoms with Crippen molar-refractivity contribution in [3.63, 3.8) is 0 Å². The Morgan fingerprint density at radius 3 is 2.48 bits per heavy atom. The first kappa shape index (κ1) is 25.8. The average molecular weight is 466 g/mol. The van der Waals surface area contributed by atoms with E-state index in [-0.39, 0.29) is 25.3 Å². The summed E-state index contributed by atoms with van der Waals surface area (Å²) < 4.78 is 0. The van der Waals surface area contributed by atoms with Gasteiger partial charge >= 0.3 is 5.97 Å². The SMILES string of the molecule is CC(C)C(NC(=O)C(N)Cc1cnc[nH]1)C(=O)NC(CC(N)=O)C(=O)N1CCCC1C(=O)O. The third-order valence-corrected chi connectivity index (χ3v) is 5.42. The van der Waals surface area contributed by atoms with Gasteiger partial charge in [0.2, 0.25) is 23.6 Å². The zero-order chi connectivity index (χ0) is 24.7. The number of amides is 4. The molecule has 0 bridgehead atoms. The van der Waals surface area contributed by atoms with Crippen LogP contribution < -0.4 is 22.1 Å². The highest BCUT2D eigenvalue weighted by molar-refractivity contribution is 5.96. The molecule has 4 amide bonds. The molecule has 13 heteroatoms. The quantitative estimate of drug-likeness (QED) is 0.211. The number of rotatable bonds is 11. The zero-order valence-electron chi connectivity index (χ0n) is 18.6. The molecule has 0 aliphatic carbocycles. The molecular weight excluding hydrogens is 434 g/mol. The number of aliphatic carboxylic acids is 1. The molecule has 0 aromatic carbocycles. The predicted molar refractivity (Wildman–Crippen MR) is 115 cm³/mol. The van der Waals surface area contributed by atoms with Crippen molar-refractivity contribution in [2.24, 2.45) is 17.4 Å². The van der Waals surface area contributed by atoms with Crippen molar-refractivity contribution in [1.29, 1.82) is 0 Å². The highest BCUT2D eigenvalue weighted by Crippen LogP contribution is 2.19. The largest absolute Gasteiger partial charge is 0.480 e. The standard InChI is InChI=1S/C20H31N7O6/c1-10(2)16(26-17(29)12(21)6-11-8-23-9-24-11)18(30)25-13(7-15(22)28)19(31)27-5-3-4-14(27)20(32)33/h8-10,12-14,16H,3-7,21H2,1-2H3,(H2,22,28)(H,23,24)(H,25,30)(H,26,29)(H,32,33). The molecule has 2 heterocycles. The fourth-order valence-corrected chi connectivity index (χ4v) is 3.67. The summed E-state index contributed by atoms with van der Waals surface area (Å²) >= 11 is 0. The monoisotopic (exact) mass is 465 g/mol. The number of nitrogens with one attached hydrogen (secondary N) is 3. The molecule has 182 valence electrons. The number of nitrogens with two attached hydrogens (primary N) is 2. The number of hydrogen-bond donors (Lipinski definition) is 6. The normalized spacial score (nSPS) is 18.4. The molecule has 1 aromatic heterocycles. The molecule has 1 aromatic rings. The lowest BCUT2D eigenvalue weighted by atomic mass is 10.0. The lowest BCUT2D eigenvalue weighted by Crippen LogP contribution is -2.59. The first-order chi connectivity index (χ1) is 15.5. The molecule has 8 N–H and O–H groups in total. The molecule has 1 aliphatic heterocycles. The molecule has 1 aliphatic rings. The average Bonchev–Trinajstić information content (AvgIpc) is 3.41. The van der Waals surface area contributed by atoms with Gasteiger partial charge in [-0.2, -0.15) is 0 Å². The fourth-order valence-electron chi connectivity index (χ4n) is 3.67. The second kappa shape index (κ2) is 11.4. The van der Waals surface area contributed by atoms with E-state index < -0.39 is 60.2 Å². The van der Waals surface area contributed by atoms with Crippen LogP contribution in [-0.2, 0) is 30.4 Å². The van der Waals surface area contributed by atoms with Crippen molar-refractivity contribution in [2.75, 3.05) is 6.54 Å². The number of carbonyl (C=O) groups is 5. The number of carbonyl (C=O) groups excluding carboxylic acids is 4. The minimum atomic E-state index is -1.35. The van der Waals surface area contributed by atoms with E-state index in [1.807, 2.05) is 0 Å². The maximum atomic E-state index is 13.0. The molecule has 4 atom stereocenters. The second-order valence-electron chi connectivity index (χ2n) is 8.38. The van der Waals surface area contributed by atoms with Gasteiger partial charge in [0.15, 0.2) is 0 Å². The molecule has 0 spiro atoms. The van der Waals surface area contributed by atoms with Crippen LogP contribution in [0.25, 0.3) is 0 Å². The first-order valence-corrected chi connectivity index (χ1v) is 10.7. The van der Waals surface area contributed by atoms with Gasteiger partial charge < -0.3 is 37.1 Å². The van der Waals surface area contributed by atoms with Crippen molar-refractivity contribution < 1.29 is 29.1 Å². The molecule has 2 rings (SSSR count). The molecule has 13 nitrogen and oxygen atoms in total. The van der Waals surface area contributed by atoms with Crippen LogP contribution in [0.5, 0.6) is 0 Å². The van der Waals surface area contributed by atoms with Gasteiger partial charge in [0, 0.05) is 24.9 Å². The Balaban J connectivity index is 2.10. The summed E-state index contributed by atoms with van der Waals surface area (Å²) in [5, 5.41) is 14.4. The number of likely N-dealkylation sites (tertiary alicyclic amines) is 1. The number of imidazole rings is 1. The minimum absolute atomic E-state index is 0.173. The van der Waals surface area contributed by atoms with Crippen LogP contribution in [0.2, 0.25) is 0 Å². The van der Waals surface area contributed by atoms with Crippen LogP contribution in [0.15, 0.2) is 12.5 Å². The van der Waals surface area contributed by atoms with E-state index in [2.05, 4.69) is 20.6 Å². The summed E-state index contributed by atoms with van der Waals surface area (Å²) in [5.74, 6) is -4.39. The van der Waals surface area contributed by atoms with Gasteiger partial charge in [-0.05, 0) is 18.8 Å². The summed E-state index contributed by atoms with van der Waals surface area (Å²) in [6.45, 7) is 3.57. The van der Waals surface area contributed by atoms with E-state index in [0.29, 0.717) is 12.1 Å². The second-order valence-corrected chi connectivity index (χ2v) is 8.38. The summed E-state index contributed by atoms with van der Waals surface area (Å²) in [6, 6.07) is -4.40. The number of aromatic amines is 1. The number of carboxylic acid groups (broad SMARTS) is 1. The maximum absolute atomic E-state index is 13.0.